The van der Waals surface area contributed by atoms with Crippen molar-refractivity contribution in [3.05, 3.63) is 70.4 Å². The first-order valence-corrected chi connectivity index (χ1v) is 7.21. The van der Waals surface area contributed by atoms with E-state index >= 15 is 0 Å². The second-order valence-electron chi connectivity index (χ2n) is 5.24. The Morgan fingerprint density at radius 1 is 1.10 bits per heavy atom. The van der Waals surface area contributed by atoms with Crippen LogP contribution in [0.25, 0.3) is 11.1 Å². The number of rotatable bonds is 2. The van der Waals surface area contributed by atoms with Gasteiger partial charge >= 0.3 is 0 Å². The number of nitrogens with zero attached hydrogens (tertiary/aromatic N) is 1. The van der Waals surface area contributed by atoms with E-state index in [1.807, 2.05) is 30.3 Å². The van der Waals surface area contributed by atoms with Gasteiger partial charge in [0.25, 0.3) is 0 Å². The highest BCUT2D eigenvalue weighted by molar-refractivity contribution is 6.33. The van der Waals surface area contributed by atoms with Gasteiger partial charge in [-0.3, -0.25) is 0 Å². The summed E-state index contributed by atoms with van der Waals surface area (Å²) in [5.41, 5.74) is 10.3. The topological polar surface area (TPSA) is 52.0 Å². The van der Waals surface area contributed by atoms with Crippen molar-refractivity contribution >= 4 is 17.4 Å². The van der Waals surface area contributed by atoms with Gasteiger partial charge in [-0.2, -0.15) is 0 Å². The van der Waals surface area contributed by atoms with Crippen molar-refractivity contribution in [2.24, 2.45) is 0 Å². The van der Waals surface area contributed by atoms with Gasteiger partial charge in [-0.15, -0.1) is 0 Å². The van der Waals surface area contributed by atoms with Gasteiger partial charge < -0.3 is 10.3 Å². The number of nitrogen functional groups attached to an aromatic ring is 1. The molecule has 0 bridgehead atoms. The van der Waals surface area contributed by atoms with Gasteiger partial charge in [0.1, 0.15) is 0 Å². The van der Waals surface area contributed by atoms with Crippen LogP contribution in [0.2, 0.25) is 5.02 Å². The molecular weight excluding hydrogens is 284 g/mol. The zero-order chi connectivity index (χ0) is 14.4. The third kappa shape index (κ3) is 1.85. The summed E-state index contributed by atoms with van der Waals surface area (Å²) in [6.07, 6.45) is 0.947. The molecule has 0 saturated heterocycles. The van der Waals surface area contributed by atoms with E-state index in [4.69, 9.17) is 21.9 Å². The maximum Gasteiger partial charge on any atom is 0.175 e. The molecule has 0 fully saturated rings. The molecule has 3 nitrogen and oxygen atoms in total. The van der Waals surface area contributed by atoms with Crippen molar-refractivity contribution in [1.82, 2.24) is 5.16 Å². The largest absolute Gasteiger partial charge is 0.380 e. The van der Waals surface area contributed by atoms with Gasteiger partial charge in [0.05, 0.1) is 5.56 Å². The monoisotopic (exact) mass is 296 g/mol. The molecule has 1 heterocycles. The fourth-order valence-corrected chi connectivity index (χ4v) is 3.21. The summed E-state index contributed by atoms with van der Waals surface area (Å²) in [7, 11) is 0. The van der Waals surface area contributed by atoms with Crippen molar-refractivity contribution < 1.29 is 4.52 Å². The van der Waals surface area contributed by atoms with E-state index in [-0.39, 0.29) is 5.92 Å². The lowest BCUT2D eigenvalue weighted by molar-refractivity contribution is 0.365. The number of benzene rings is 2. The maximum absolute atomic E-state index is 6.30. The minimum atomic E-state index is 0.206. The van der Waals surface area contributed by atoms with E-state index in [0.29, 0.717) is 10.8 Å². The number of fused-ring (bicyclic) bond motifs is 1. The maximum atomic E-state index is 6.30. The van der Waals surface area contributed by atoms with Gasteiger partial charge in [0.15, 0.2) is 11.6 Å². The number of hydrogen-bond donors (Lipinski definition) is 1. The Bertz CT molecular complexity index is 825. The van der Waals surface area contributed by atoms with E-state index in [0.717, 1.165) is 23.3 Å². The Morgan fingerprint density at radius 2 is 1.86 bits per heavy atom. The first kappa shape index (κ1) is 12.5. The normalized spacial score (nSPS) is 16.3. The van der Waals surface area contributed by atoms with E-state index < -0.39 is 0 Å². The Hall–Kier alpha value is -2.26. The minimum Gasteiger partial charge on any atom is -0.380 e. The molecule has 1 unspecified atom stereocenters. The molecule has 1 atom stereocenters. The van der Waals surface area contributed by atoms with Gasteiger partial charge in [-0.05, 0) is 23.6 Å². The molecule has 104 valence electrons. The SMILES string of the molecule is Nc1noc(C2Cc3ccccc32)c1-c1ccccc1Cl. The Balaban J connectivity index is 1.85. The highest BCUT2D eigenvalue weighted by Crippen LogP contribution is 2.46. The van der Waals surface area contributed by atoms with Crippen LogP contribution in [-0.2, 0) is 6.42 Å². The molecule has 0 amide bonds. The van der Waals surface area contributed by atoms with Gasteiger partial charge in [-0.1, -0.05) is 59.2 Å². The van der Waals surface area contributed by atoms with Crippen LogP contribution in [0.15, 0.2) is 53.1 Å². The van der Waals surface area contributed by atoms with Crippen molar-refractivity contribution in [2.45, 2.75) is 12.3 Å². The summed E-state index contributed by atoms with van der Waals surface area (Å²) < 4.78 is 5.53. The van der Waals surface area contributed by atoms with Crippen LogP contribution in [0.5, 0.6) is 0 Å². The van der Waals surface area contributed by atoms with E-state index in [2.05, 4.69) is 23.4 Å². The average Bonchev–Trinajstić information content (AvgIpc) is 2.83. The number of anilines is 1. The van der Waals surface area contributed by atoms with Gasteiger partial charge in [-0.25, -0.2) is 0 Å². The predicted octanol–water partition coefficient (Wildman–Crippen LogP) is 4.27. The summed E-state index contributed by atoms with van der Waals surface area (Å²) in [6.45, 7) is 0. The zero-order valence-corrected chi connectivity index (χ0v) is 12.0. The number of aromatic nitrogens is 1. The Morgan fingerprint density at radius 3 is 2.67 bits per heavy atom. The highest BCUT2D eigenvalue weighted by Gasteiger charge is 2.34. The Labute approximate surface area is 127 Å². The average molecular weight is 297 g/mol. The van der Waals surface area contributed by atoms with E-state index in [1.54, 1.807) is 0 Å². The molecule has 1 aliphatic carbocycles. The van der Waals surface area contributed by atoms with Crippen molar-refractivity contribution in [2.75, 3.05) is 5.73 Å². The third-order valence-electron chi connectivity index (χ3n) is 4.06. The molecule has 2 aromatic carbocycles. The van der Waals surface area contributed by atoms with Crippen LogP contribution < -0.4 is 5.73 Å². The summed E-state index contributed by atoms with van der Waals surface area (Å²) in [4.78, 5) is 0. The second-order valence-corrected chi connectivity index (χ2v) is 5.65. The molecule has 4 rings (SSSR count). The third-order valence-corrected chi connectivity index (χ3v) is 4.39. The second kappa shape index (κ2) is 4.64. The van der Waals surface area contributed by atoms with Crippen molar-refractivity contribution in [1.29, 1.82) is 0 Å². The Kier molecular flexibility index (Phi) is 2.76. The molecular formula is C17H13ClN2O. The number of nitrogens with two attached hydrogens (primary N) is 1. The van der Waals surface area contributed by atoms with Crippen LogP contribution in [0.3, 0.4) is 0 Å². The van der Waals surface area contributed by atoms with Crippen LogP contribution in [0.1, 0.15) is 22.8 Å². The first-order valence-electron chi connectivity index (χ1n) is 6.83. The van der Waals surface area contributed by atoms with E-state index in [1.165, 1.54) is 11.1 Å². The summed E-state index contributed by atoms with van der Waals surface area (Å²) in [5, 5.41) is 4.61. The van der Waals surface area contributed by atoms with Crippen LogP contribution >= 0.6 is 11.6 Å². The minimum absolute atomic E-state index is 0.206. The molecule has 4 heteroatoms. The summed E-state index contributed by atoms with van der Waals surface area (Å²) in [5.74, 6) is 1.40. The lowest BCUT2D eigenvalue weighted by Gasteiger charge is -2.28. The first-order chi connectivity index (χ1) is 10.3. The van der Waals surface area contributed by atoms with Crippen LogP contribution in [-0.4, -0.2) is 5.16 Å². The van der Waals surface area contributed by atoms with Crippen LogP contribution in [0.4, 0.5) is 5.82 Å². The standard InChI is InChI=1S/C17H13ClN2O/c18-14-8-4-3-7-12(14)15-16(21-20-17(15)19)13-9-10-5-1-2-6-11(10)13/h1-8,13H,9H2,(H2,19,20). The fourth-order valence-electron chi connectivity index (χ4n) is 2.98. The van der Waals surface area contributed by atoms with E-state index in [9.17, 15) is 0 Å². The van der Waals surface area contributed by atoms with Crippen molar-refractivity contribution in [3.63, 3.8) is 0 Å². The molecule has 0 saturated carbocycles. The lowest BCUT2D eigenvalue weighted by Crippen LogP contribution is -2.18. The molecule has 3 aromatic rings. The number of hydrogen-bond acceptors (Lipinski definition) is 3. The van der Waals surface area contributed by atoms with Gasteiger partial charge in [0.2, 0.25) is 0 Å². The van der Waals surface area contributed by atoms with Crippen LogP contribution in [0, 0.1) is 0 Å². The predicted molar refractivity (Wildman–Crippen MR) is 83.4 cm³/mol. The summed E-state index contributed by atoms with van der Waals surface area (Å²) >= 11 is 6.30. The zero-order valence-electron chi connectivity index (χ0n) is 11.2. The molecule has 21 heavy (non-hydrogen) atoms. The molecule has 0 radical (unpaired) electrons. The molecule has 0 spiro atoms. The molecule has 2 N–H and O–H groups in total. The smallest absolute Gasteiger partial charge is 0.175 e. The fraction of sp³-hybridized carbons (Fsp3) is 0.118. The quantitative estimate of drug-likeness (QED) is 0.768. The highest BCUT2D eigenvalue weighted by atomic mass is 35.5. The van der Waals surface area contributed by atoms with Gasteiger partial charge in [0, 0.05) is 16.5 Å². The molecule has 1 aliphatic rings. The lowest BCUT2D eigenvalue weighted by atomic mass is 9.75. The molecule has 0 aliphatic heterocycles. The summed E-state index contributed by atoms with van der Waals surface area (Å²) in [6, 6.07) is 16.0. The molecule has 1 aromatic heterocycles. The van der Waals surface area contributed by atoms with Crippen molar-refractivity contribution in [3.8, 4) is 11.1 Å². The number of halogens is 1.